The van der Waals surface area contributed by atoms with E-state index >= 15 is 0 Å². The lowest BCUT2D eigenvalue weighted by atomic mass is 9.78. The van der Waals surface area contributed by atoms with E-state index in [1.165, 1.54) is 0 Å². The quantitative estimate of drug-likeness (QED) is 0.758. The van der Waals surface area contributed by atoms with E-state index < -0.39 is 6.10 Å². The Hall–Kier alpha value is -1.96. The molecule has 156 valence electrons. The maximum absolute atomic E-state index is 12.3. The first-order valence-corrected chi connectivity index (χ1v) is 11.2. The van der Waals surface area contributed by atoms with Gasteiger partial charge in [0.05, 0.1) is 24.9 Å². The molecule has 0 bridgehead atoms. The number of aliphatic hydroxyl groups excluding tert-OH is 1. The molecule has 2 aromatic heterocycles. The number of aryl methyl sites for hydroxylation is 2. The summed E-state index contributed by atoms with van der Waals surface area (Å²) < 4.78 is 6.15. The van der Waals surface area contributed by atoms with Crippen LogP contribution < -0.4 is 10.1 Å². The van der Waals surface area contributed by atoms with Crippen molar-refractivity contribution in [3.63, 3.8) is 0 Å². The zero-order valence-electron chi connectivity index (χ0n) is 17.0. The SMILES string of the molecule is Cc1ccc(O[C@@H]2C[C@@H]3CN(CC(=O)NCc4cccs4)C[C@@H]3C[C@H]2O)c(C)n1. The van der Waals surface area contributed by atoms with Crippen LogP contribution in [0.2, 0.25) is 0 Å². The van der Waals surface area contributed by atoms with Crippen molar-refractivity contribution in [3.8, 4) is 5.75 Å². The van der Waals surface area contributed by atoms with Crippen LogP contribution in [0.25, 0.3) is 0 Å². The molecule has 0 unspecified atom stereocenters. The fourth-order valence-corrected chi connectivity index (χ4v) is 5.21. The molecule has 2 aliphatic rings. The van der Waals surface area contributed by atoms with Gasteiger partial charge in [-0.25, -0.2) is 0 Å². The molecule has 0 spiro atoms. The molecule has 4 atom stereocenters. The first-order chi connectivity index (χ1) is 14.0. The molecular weight excluding hydrogens is 386 g/mol. The van der Waals surface area contributed by atoms with Crippen molar-refractivity contribution in [2.45, 2.75) is 45.4 Å². The van der Waals surface area contributed by atoms with Crippen LogP contribution in [0.1, 0.15) is 29.1 Å². The minimum Gasteiger partial charge on any atom is -0.486 e. The van der Waals surface area contributed by atoms with E-state index in [4.69, 9.17) is 4.74 Å². The zero-order chi connectivity index (χ0) is 20.4. The Morgan fingerprint density at radius 2 is 2.07 bits per heavy atom. The van der Waals surface area contributed by atoms with Gasteiger partial charge in [-0.2, -0.15) is 0 Å². The van der Waals surface area contributed by atoms with Crippen LogP contribution in [0.3, 0.4) is 0 Å². The molecule has 1 aliphatic carbocycles. The highest BCUT2D eigenvalue weighted by Gasteiger charge is 2.43. The molecule has 6 nitrogen and oxygen atoms in total. The molecule has 4 rings (SSSR count). The molecule has 0 radical (unpaired) electrons. The van der Waals surface area contributed by atoms with Crippen LogP contribution >= 0.6 is 11.3 Å². The summed E-state index contributed by atoms with van der Waals surface area (Å²) in [5, 5.41) is 15.7. The highest BCUT2D eigenvalue weighted by atomic mass is 32.1. The molecule has 1 saturated heterocycles. The summed E-state index contributed by atoms with van der Waals surface area (Å²) in [4.78, 5) is 20.1. The molecule has 29 heavy (non-hydrogen) atoms. The molecule has 3 heterocycles. The normalized spacial score (nSPS) is 26.9. The Morgan fingerprint density at radius 1 is 1.28 bits per heavy atom. The number of nitrogens with zero attached hydrogens (tertiary/aromatic N) is 2. The zero-order valence-corrected chi connectivity index (χ0v) is 17.8. The number of rotatable bonds is 6. The van der Waals surface area contributed by atoms with Crippen LogP contribution in [-0.2, 0) is 11.3 Å². The average Bonchev–Trinajstić information content (AvgIpc) is 3.31. The van der Waals surface area contributed by atoms with Gasteiger partial charge < -0.3 is 15.2 Å². The number of pyridine rings is 1. The van der Waals surface area contributed by atoms with Gasteiger partial charge in [-0.15, -0.1) is 11.3 Å². The van der Waals surface area contributed by atoms with Crippen molar-refractivity contribution in [3.05, 3.63) is 45.9 Å². The number of amides is 1. The summed E-state index contributed by atoms with van der Waals surface area (Å²) in [6, 6.07) is 7.90. The van der Waals surface area contributed by atoms with Gasteiger partial charge in [0, 0.05) is 23.7 Å². The standard InChI is InChI=1S/C22H29N3O3S/c1-14-5-6-20(15(2)24-14)28-21-9-17-12-25(11-16(17)8-19(21)26)13-22(27)23-10-18-4-3-7-29-18/h3-7,16-17,19,21,26H,8-13H2,1-2H3,(H,23,27)/t16-,17+,19+,21+/m0/s1. The number of ether oxygens (including phenoxy) is 1. The predicted molar refractivity (Wildman–Crippen MR) is 113 cm³/mol. The first kappa shape index (κ1) is 20.3. The number of thiophene rings is 1. The molecule has 7 heteroatoms. The first-order valence-electron chi connectivity index (χ1n) is 10.3. The number of aliphatic hydroxyl groups is 1. The lowest BCUT2D eigenvalue weighted by Gasteiger charge is -2.35. The Balaban J connectivity index is 1.29. The number of carbonyl (C=O) groups excluding carboxylic acids is 1. The molecule has 1 aliphatic heterocycles. The molecule has 1 saturated carbocycles. The maximum Gasteiger partial charge on any atom is 0.234 e. The van der Waals surface area contributed by atoms with Crippen molar-refractivity contribution in [1.82, 2.24) is 15.2 Å². The fourth-order valence-electron chi connectivity index (χ4n) is 4.56. The van der Waals surface area contributed by atoms with Crippen LogP contribution in [0.15, 0.2) is 29.6 Å². The monoisotopic (exact) mass is 415 g/mol. The molecule has 1 amide bonds. The Morgan fingerprint density at radius 3 is 2.79 bits per heavy atom. The number of hydrogen-bond donors (Lipinski definition) is 2. The topological polar surface area (TPSA) is 74.7 Å². The van der Waals surface area contributed by atoms with Crippen LogP contribution in [-0.4, -0.2) is 52.7 Å². The highest BCUT2D eigenvalue weighted by Crippen LogP contribution is 2.38. The minimum atomic E-state index is -0.482. The van der Waals surface area contributed by atoms with Crippen molar-refractivity contribution < 1.29 is 14.6 Å². The van der Waals surface area contributed by atoms with Crippen molar-refractivity contribution in [2.75, 3.05) is 19.6 Å². The minimum absolute atomic E-state index is 0.0618. The lowest BCUT2D eigenvalue weighted by molar-refractivity contribution is -0.122. The van der Waals surface area contributed by atoms with Gasteiger partial charge in [0.1, 0.15) is 11.9 Å². The number of nitrogens with one attached hydrogen (secondary N) is 1. The summed E-state index contributed by atoms with van der Waals surface area (Å²) in [6.45, 7) is 6.66. The Kier molecular flexibility index (Phi) is 6.18. The van der Waals surface area contributed by atoms with Crippen LogP contribution in [0.4, 0.5) is 0 Å². The van der Waals surface area contributed by atoms with Gasteiger partial charge in [0.25, 0.3) is 0 Å². The molecular formula is C22H29N3O3S. The predicted octanol–water partition coefficient (Wildman–Crippen LogP) is 2.53. The van der Waals surface area contributed by atoms with Crippen molar-refractivity contribution >= 4 is 17.2 Å². The van der Waals surface area contributed by atoms with Crippen molar-refractivity contribution in [1.29, 1.82) is 0 Å². The molecule has 2 fully saturated rings. The van der Waals surface area contributed by atoms with E-state index in [1.54, 1.807) is 11.3 Å². The highest BCUT2D eigenvalue weighted by molar-refractivity contribution is 7.09. The van der Waals surface area contributed by atoms with E-state index in [2.05, 4.69) is 15.2 Å². The van der Waals surface area contributed by atoms with Gasteiger partial charge in [0.15, 0.2) is 0 Å². The van der Waals surface area contributed by atoms with E-state index in [9.17, 15) is 9.90 Å². The fraction of sp³-hybridized carbons (Fsp3) is 0.545. The Labute approximate surface area is 175 Å². The van der Waals surface area contributed by atoms with E-state index in [1.807, 2.05) is 43.5 Å². The van der Waals surface area contributed by atoms with Gasteiger partial charge in [-0.05, 0) is 62.1 Å². The molecule has 0 aromatic carbocycles. The van der Waals surface area contributed by atoms with E-state index in [0.29, 0.717) is 24.9 Å². The Bertz CT molecular complexity index is 842. The second-order valence-corrected chi connectivity index (χ2v) is 9.33. The van der Waals surface area contributed by atoms with Crippen molar-refractivity contribution in [2.24, 2.45) is 11.8 Å². The smallest absolute Gasteiger partial charge is 0.234 e. The molecule has 2 N–H and O–H groups in total. The van der Waals surface area contributed by atoms with Gasteiger partial charge in [0.2, 0.25) is 5.91 Å². The number of fused-ring (bicyclic) bond motifs is 1. The number of aromatic nitrogens is 1. The largest absolute Gasteiger partial charge is 0.486 e. The van der Waals surface area contributed by atoms with Gasteiger partial charge in [-0.3, -0.25) is 14.7 Å². The number of carbonyl (C=O) groups is 1. The second-order valence-electron chi connectivity index (χ2n) is 8.30. The molecule has 2 aromatic rings. The van der Waals surface area contributed by atoms with E-state index in [0.717, 1.165) is 47.9 Å². The number of hydrogen-bond acceptors (Lipinski definition) is 6. The third kappa shape index (κ3) is 4.97. The summed E-state index contributed by atoms with van der Waals surface area (Å²) >= 11 is 1.65. The van der Waals surface area contributed by atoms with Gasteiger partial charge in [-0.1, -0.05) is 6.07 Å². The second kappa shape index (κ2) is 8.81. The lowest BCUT2D eigenvalue weighted by Crippen LogP contribution is -2.42. The van der Waals surface area contributed by atoms with Gasteiger partial charge >= 0.3 is 0 Å². The maximum atomic E-state index is 12.3. The summed E-state index contributed by atoms with van der Waals surface area (Å²) in [5.41, 5.74) is 1.82. The average molecular weight is 416 g/mol. The third-order valence-corrected chi connectivity index (χ3v) is 6.90. The third-order valence-electron chi connectivity index (χ3n) is 6.02. The number of likely N-dealkylation sites (tertiary alicyclic amines) is 1. The summed E-state index contributed by atoms with van der Waals surface area (Å²) in [6.07, 6.45) is 0.838. The summed E-state index contributed by atoms with van der Waals surface area (Å²) in [7, 11) is 0. The van der Waals surface area contributed by atoms with E-state index in [-0.39, 0.29) is 12.0 Å². The van der Waals surface area contributed by atoms with Crippen LogP contribution in [0.5, 0.6) is 5.75 Å². The summed E-state index contributed by atoms with van der Waals surface area (Å²) in [5.74, 6) is 1.69. The van der Waals surface area contributed by atoms with Crippen LogP contribution in [0, 0.1) is 25.7 Å².